The largest absolute Gasteiger partial charge is 0.329 e. The van der Waals surface area contributed by atoms with E-state index in [9.17, 15) is 0 Å². The molecule has 0 unspecified atom stereocenters. The van der Waals surface area contributed by atoms with E-state index in [1.54, 1.807) is 0 Å². The molecule has 14 heavy (non-hydrogen) atoms. The van der Waals surface area contributed by atoms with Crippen LogP contribution in [0.25, 0.3) is 0 Å². The maximum atomic E-state index is 5.79. The molecule has 1 aromatic rings. The zero-order valence-corrected chi connectivity index (χ0v) is 9.91. The van der Waals surface area contributed by atoms with Crippen LogP contribution in [0.5, 0.6) is 0 Å². The fraction of sp³-hybridized carbons (Fsp3) is 0.400. The first-order chi connectivity index (χ1) is 6.27. The SMILES string of the molecule is CCSc1ccc([C@@H](N)CN)cc1.Cl. The molecule has 0 bridgehead atoms. The Morgan fingerprint density at radius 1 is 1.29 bits per heavy atom. The monoisotopic (exact) mass is 232 g/mol. The Bertz CT molecular complexity index is 251. The topological polar surface area (TPSA) is 52.0 Å². The molecular weight excluding hydrogens is 216 g/mol. The van der Waals surface area contributed by atoms with Gasteiger partial charge in [-0.3, -0.25) is 0 Å². The van der Waals surface area contributed by atoms with Crippen LogP contribution in [-0.4, -0.2) is 12.3 Å². The first-order valence-electron chi connectivity index (χ1n) is 4.46. The van der Waals surface area contributed by atoms with E-state index in [2.05, 4.69) is 31.2 Å². The molecule has 0 aliphatic heterocycles. The van der Waals surface area contributed by atoms with Crippen LogP contribution < -0.4 is 11.5 Å². The van der Waals surface area contributed by atoms with Crippen molar-refractivity contribution in [3.05, 3.63) is 29.8 Å². The van der Waals surface area contributed by atoms with Crippen molar-refractivity contribution >= 4 is 24.2 Å². The van der Waals surface area contributed by atoms with Crippen molar-refractivity contribution in [2.24, 2.45) is 11.5 Å². The summed E-state index contributed by atoms with van der Waals surface area (Å²) in [4.78, 5) is 1.29. The van der Waals surface area contributed by atoms with Gasteiger partial charge < -0.3 is 11.5 Å². The molecule has 80 valence electrons. The van der Waals surface area contributed by atoms with Gasteiger partial charge in [0.15, 0.2) is 0 Å². The standard InChI is InChI=1S/C10H16N2S.ClH/c1-2-13-9-5-3-8(4-6-9)10(12)7-11;/h3-6,10H,2,7,11-12H2,1H3;1H/t10-;/m0./s1. The van der Waals surface area contributed by atoms with Crippen LogP contribution >= 0.6 is 24.2 Å². The van der Waals surface area contributed by atoms with E-state index in [1.807, 2.05) is 11.8 Å². The van der Waals surface area contributed by atoms with Gasteiger partial charge in [-0.2, -0.15) is 0 Å². The van der Waals surface area contributed by atoms with Crippen molar-refractivity contribution in [1.82, 2.24) is 0 Å². The first kappa shape index (κ1) is 13.8. The van der Waals surface area contributed by atoms with Crippen molar-refractivity contribution in [2.75, 3.05) is 12.3 Å². The van der Waals surface area contributed by atoms with E-state index in [1.165, 1.54) is 4.90 Å². The van der Waals surface area contributed by atoms with E-state index < -0.39 is 0 Å². The molecule has 0 radical (unpaired) electrons. The number of nitrogens with two attached hydrogens (primary N) is 2. The Morgan fingerprint density at radius 3 is 2.29 bits per heavy atom. The van der Waals surface area contributed by atoms with Crippen LogP contribution in [0.4, 0.5) is 0 Å². The minimum Gasteiger partial charge on any atom is -0.329 e. The number of benzene rings is 1. The second-order valence-corrected chi connectivity index (χ2v) is 4.18. The molecule has 0 aromatic heterocycles. The van der Waals surface area contributed by atoms with Gasteiger partial charge in [-0.1, -0.05) is 19.1 Å². The van der Waals surface area contributed by atoms with Crippen molar-refractivity contribution in [3.8, 4) is 0 Å². The third kappa shape index (κ3) is 3.88. The fourth-order valence-corrected chi connectivity index (χ4v) is 1.78. The summed E-state index contributed by atoms with van der Waals surface area (Å²) in [6.45, 7) is 2.64. The second-order valence-electron chi connectivity index (χ2n) is 2.84. The van der Waals surface area contributed by atoms with Gasteiger partial charge >= 0.3 is 0 Å². The first-order valence-corrected chi connectivity index (χ1v) is 5.45. The van der Waals surface area contributed by atoms with E-state index in [-0.39, 0.29) is 18.4 Å². The maximum Gasteiger partial charge on any atom is 0.0419 e. The summed E-state index contributed by atoms with van der Waals surface area (Å²) in [5, 5.41) is 0. The van der Waals surface area contributed by atoms with Crippen molar-refractivity contribution in [3.63, 3.8) is 0 Å². The fourth-order valence-electron chi connectivity index (χ4n) is 1.11. The molecule has 0 saturated carbocycles. The lowest BCUT2D eigenvalue weighted by molar-refractivity contribution is 0.736. The second kappa shape index (κ2) is 7.12. The highest BCUT2D eigenvalue weighted by Crippen LogP contribution is 2.19. The molecule has 1 atom stereocenters. The third-order valence-electron chi connectivity index (χ3n) is 1.87. The molecule has 4 heteroatoms. The van der Waals surface area contributed by atoms with Gasteiger partial charge in [0.2, 0.25) is 0 Å². The number of rotatable bonds is 4. The zero-order valence-electron chi connectivity index (χ0n) is 8.27. The molecule has 0 aliphatic carbocycles. The molecule has 2 nitrogen and oxygen atoms in total. The lowest BCUT2D eigenvalue weighted by Gasteiger charge is -2.09. The van der Waals surface area contributed by atoms with Crippen LogP contribution in [0.2, 0.25) is 0 Å². The Hall–Kier alpha value is -0.220. The molecule has 1 rings (SSSR count). The Kier molecular flexibility index (Phi) is 7.01. The number of thioether (sulfide) groups is 1. The number of hydrogen-bond donors (Lipinski definition) is 2. The predicted molar refractivity (Wildman–Crippen MR) is 66.1 cm³/mol. The summed E-state index contributed by atoms with van der Waals surface area (Å²) in [5.74, 6) is 1.10. The van der Waals surface area contributed by atoms with E-state index in [0.717, 1.165) is 11.3 Å². The average Bonchev–Trinajstić information content (AvgIpc) is 2.18. The highest BCUT2D eigenvalue weighted by Gasteiger charge is 2.02. The molecule has 4 N–H and O–H groups in total. The number of hydrogen-bond acceptors (Lipinski definition) is 3. The van der Waals surface area contributed by atoms with Crippen molar-refractivity contribution < 1.29 is 0 Å². The van der Waals surface area contributed by atoms with Crippen LogP contribution in [0.1, 0.15) is 18.5 Å². The Morgan fingerprint density at radius 2 is 1.86 bits per heavy atom. The summed E-state index contributed by atoms with van der Waals surface area (Å²) in [7, 11) is 0. The zero-order chi connectivity index (χ0) is 9.68. The normalized spacial score (nSPS) is 11.9. The van der Waals surface area contributed by atoms with Gasteiger partial charge in [0.05, 0.1) is 0 Å². The molecule has 0 amide bonds. The quantitative estimate of drug-likeness (QED) is 0.783. The lowest BCUT2D eigenvalue weighted by atomic mass is 10.1. The molecule has 1 aromatic carbocycles. The number of halogens is 1. The minimum atomic E-state index is -0.0272. The van der Waals surface area contributed by atoms with Gasteiger partial charge in [-0.15, -0.1) is 24.2 Å². The highest BCUT2D eigenvalue weighted by molar-refractivity contribution is 7.99. The van der Waals surface area contributed by atoms with Crippen LogP contribution in [0, 0.1) is 0 Å². The molecular formula is C10H17ClN2S. The average molecular weight is 233 g/mol. The molecule has 0 saturated heterocycles. The lowest BCUT2D eigenvalue weighted by Crippen LogP contribution is -2.20. The van der Waals surface area contributed by atoms with Crippen molar-refractivity contribution in [2.45, 2.75) is 17.9 Å². The smallest absolute Gasteiger partial charge is 0.0419 e. The van der Waals surface area contributed by atoms with Crippen molar-refractivity contribution in [1.29, 1.82) is 0 Å². The molecule has 0 spiro atoms. The van der Waals surface area contributed by atoms with Gasteiger partial charge in [0, 0.05) is 17.5 Å². The van der Waals surface area contributed by atoms with E-state index in [4.69, 9.17) is 11.5 Å². The summed E-state index contributed by atoms with van der Waals surface area (Å²) < 4.78 is 0. The molecule has 0 heterocycles. The summed E-state index contributed by atoms with van der Waals surface area (Å²) in [5.41, 5.74) is 12.4. The summed E-state index contributed by atoms with van der Waals surface area (Å²) in [6.07, 6.45) is 0. The van der Waals surface area contributed by atoms with Gasteiger partial charge in [-0.25, -0.2) is 0 Å². The summed E-state index contributed by atoms with van der Waals surface area (Å²) in [6, 6.07) is 8.27. The van der Waals surface area contributed by atoms with Crippen LogP contribution in [-0.2, 0) is 0 Å². The van der Waals surface area contributed by atoms with E-state index >= 15 is 0 Å². The summed E-state index contributed by atoms with van der Waals surface area (Å²) >= 11 is 1.83. The molecule has 0 fully saturated rings. The highest BCUT2D eigenvalue weighted by atomic mass is 35.5. The van der Waals surface area contributed by atoms with Crippen LogP contribution in [0.15, 0.2) is 29.2 Å². The molecule has 0 aliphatic rings. The Balaban J connectivity index is 0.00000169. The minimum absolute atomic E-state index is 0. The Labute approximate surface area is 95.8 Å². The third-order valence-corrected chi connectivity index (χ3v) is 2.77. The van der Waals surface area contributed by atoms with Gasteiger partial charge in [0.25, 0.3) is 0 Å². The maximum absolute atomic E-state index is 5.79. The van der Waals surface area contributed by atoms with Gasteiger partial charge in [0.1, 0.15) is 0 Å². The van der Waals surface area contributed by atoms with Gasteiger partial charge in [-0.05, 0) is 23.4 Å². The predicted octanol–water partition coefficient (Wildman–Crippen LogP) is 2.18. The van der Waals surface area contributed by atoms with E-state index in [0.29, 0.717) is 6.54 Å². The van der Waals surface area contributed by atoms with Crippen LogP contribution in [0.3, 0.4) is 0 Å².